The van der Waals surface area contributed by atoms with Crippen LogP contribution in [-0.2, 0) is 14.8 Å². The summed E-state index contributed by atoms with van der Waals surface area (Å²) in [7, 11) is -3.21. The molecule has 4 nitrogen and oxygen atoms in total. The van der Waals surface area contributed by atoms with E-state index in [1.54, 1.807) is 0 Å². The van der Waals surface area contributed by atoms with Crippen LogP contribution in [0.2, 0.25) is 0 Å². The fraction of sp³-hybridized carbons (Fsp3) is 1.00. The molecule has 1 aliphatic carbocycles. The lowest BCUT2D eigenvalue weighted by molar-refractivity contribution is 0.0978. The van der Waals surface area contributed by atoms with Gasteiger partial charge in [-0.3, -0.25) is 0 Å². The van der Waals surface area contributed by atoms with E-state index in [4.69, 9.17) is 4.74 Å². The van der Waals surface area contributed by atoms with Gasteiger partial charge in [0.05, 0.1) is 5.25 Å². The molecule has 0 aromatic rings. The van der Waals surface area contributed by atoms with Gasteiger partial charge in [0.1, 0.15) is 0 Å². The highest BCUT2D eigenvalue weighted by Crippen LogP contribution is 2.31. The van der Waals surface area contributed by atoms with Crippen molar-refractivity contribution in [1.82, 2.24) is 4.72 Å². The number of ether oxygens (including phenoxy) is 1. The Kier molecular flexibility index (Phi) is 5.08. The summed E-state index contributed by atoms with van der Waals surface area (Å²) in [6, 6.07) is 0. The average molecular weight is 340 g/mol. The van der Waals surface area contributed by atoms with E-state index in [2.05, 4.69) is 20.7 Å². The van der Waals surface area contributed by atoms with Crippen LogP contribution in [0.3, 0.4) is 0 Å². The first-order valence-electron chi connectivity index (χ1n) is 6.74. The molecule has 0 radical (unpaired) electrons. The number of rotatable bonds is 4. The molecule has 0 atom stereocenters. The van der Waals surface area contributed by atoms with Crippen molar-refractivity contribution in [3.63, 3.8) is 0 Å². The van der Waals surface area contributed by atoms with Crippen LogP contribution in [0.5, 0.6) is 0 Å². The molecule has 0 aromatic carbocycles. The fourth-order valence-electron chi connectivity index (χ4n) is 2.86. The van der Waals surface area contributed by atoms with Crippen LogP contribution < -0.4 is 4.72 Å². The van der Waals surface area contributed by atoms with E-state index in [1.165, 1.54) is 6.42 Å². The summed E-state index contributed by atoms with van der Waals surface area (Å²) in [5, 5.41) is 0.437. The molecule has 6 heteroatoms. The molecule has 0 aromatic heterocycles. The van der Waals surface area contributed by atoms with Crippen molar-refractivity contribution >= 4 is 26.0 Å². The Balaban J connectivity index is 2.05. The van der Waals surface area contributed by atoms with Gasteiger partial charge in [-0.05, 0) is 25.7 Å². The Morgan fingerprint density at radius 1 is 1.17 bits per heavy atom. The second kappa shape index (κ2) is 6.20. The molecule has 2 aliphatic rings. The van der Waals surface area contributed by atoms with E-state index in [9.17, 15) is 8.42 Å². The highest BCUT2D eigenvalue weighted by Gasteiger charge is 2.38. The normalized spacial score (nSPS) is 26.1. The minimum Gasteiger partial charge on any atom is -0.381 e. The van der Waals surface area contributed by atoms with Crippen LogP contribution in [0.1, 0.15) is 44.9 Å². The van der Waals surface area contributed by atoms with Gasteiger partial charge in [0, 0.05) is 24.1 Å². The van der Waals surface area contributed by atoms with Crippen LogP contribution in [-0.4, -0.2) is 37.8 Å². The van der Waals surface area contributed by atoms with E-state index in [0.29, 0.717) is 31.4 Å². The first-order chi connectivity index (χ1) is 8.58. The van der Waals surface area contributed by atoms with Gasteiger partial charge in [-0.1, -0.05) is 35.2 Å². The maximum absolute atomic E-state index is 12.4. The molecular formula is C12H22BrNO3S. The van der Waals surface area contributed by atoms with Crippen LogP contribution in [0.15, 0.2) is 0 Å². The van der Waals surface area contributed by atoms with Gasteiger partial charge in [-0.25, -0.2) is 13.1 Å². The lowest BCUT2D eigenvalue weighted by Gasteiger charge is -2.38. The largest absolute Gasteiger partial charge is 0.381 e. The Labute approximate surface area is 118 Å². The van der Waals surface area contributed by atoms with Gasteiger partial charge in [-0.2, -0.15) is 0 Å². The molecule has 0 amide bonds. The Bertz CT molecular complexity index is 360. The van der Waals surface area contributed by atoms with E-state index >= 15 is 0 Å². The zero-order chi connectivity index (χ0) is 13.1. The standard InChI is InChI=1S/C12H22BrNO3S/c13-10-12(6-2-1-3-7-12)14-18(15,16)11-4-8-17-9-5-11/h11,14H,1-10H2. The lowest BCUT2D eigenvalue weighted by Crippen LogP contribution is -2.54. The summed E-state index contributed by atoms with van der Waals surface area (Å²) in [5.41, 5.74) is -0.255. The molecule has 0 bridgehead atoms. The first kappa shape index (κ1) is 14.8. The van der Waals surface area contributed by atoms with E-state index in [0.717, 1.165) is 25.7 Å². The maximum Gasteiger partial charge on any atom is 0.215 e. The predicted octanol–water partition coefficient (Wildman–Crippen LogP) is 2.18. The number of alkyl halides is 1. The van der Waals surface area contributed by atoms with Crippen molar-refractivity contribution in [2.24, 2.45) is 0 Å². The summed E-state index contributed by atoms with van der Waals surface area (Å²) in [6.07, 6.45) is 6.57. The number of hydrogen-bond acceptors (Lipinski definition) is 3. The molecule has 0 spiro atoms. The van der Waals surface area contributed by atoms with Crippen molar-refractivity contribution in [1.29, 1.82) is 0 Å². The van der Waals surface area contributed by atoms with Gasteiger partial charge in [0.2, 0.25) is 10.0 Å². The number of hydrogen-bond donors (Lipinski definition) is 1. The topological polar surface area (TPSA) is 55.4 Å². The molecule has 18 heavy (non-hydrogen) atoms. The van der Waals surface area contributed by atoms with Crippen molar-refractivity contribution < 1.29 is 13.2 Å². The molecule has 1 aliphatic heterocycles. The zero-order valence-electron chi connectivity index (χ0n) is 10.7. The SMILES string of the molecule is O=S(=O)(NC1(CBr)CCCCC1)C1CCOCC1. The third-order valence-corrected chi connectivity index (χ3v) is 7.17. The smallest absolute Gasteiger partial charge is 0.215 e. The minimum atomic E-state index is -3.21. The summed E-state index contributed by atoms with van der Waals surface area (Å²) < 4.78 is 33.1. The summed E-state index contributed by atoms with van der Waals surface area (Å²) >= 11 is 3.49. The molecule has 1 heterocycles. The van der Waals surface area contributed by atoms with Crippen LogP contribution in [0, 0.1) is 0 Å². The number of halogens is 1. The third-order valence-electron chi connectivity index (χ3n) is 4.03. The second-order valence-corrected chi connectivity index (χ2v) is 7.95. The first-order valence-corrected chi connectivity index (χ1v) is 9.41. The highest BCUT2D eigenvalue weighted by atomic mass is 79.9. The van der Waals surface area contributed by atoms with E-state index < -0.39 is 10.0 Å². The second-order valence-electron chi connectivity index (χ2n) is 5.43. The van der Waals surface area contributed by atoms with E-state index in [-0.39, 0.29) is 10.8 Å². The molecule has 1 saturated carbocycles. The van der Waals surface area contributed by atoms with Crippen molar-refractivity contribution in [2.45, 2.75) is 55.7 Å². The predicted molar refractivity (Wildman–Crippen MR) is 75.5 cm³/mol. The van der Waals surface area contributed by atoms with Gasteiger partial charge in [-0.15, -0.1) is 0 Å². The Morgan fingerprint density at radius 2 is 1.78 bits per heavy atom. The third kappa shape index (κ3) is 3.46. The van der Waals surface area contributed by atoms with Gasteiger partial charge >= 0.3 is 0 Å². The van der Waals surface area contributed by atoms with Crippen molar-refractivity contribution in [2.75, 3.05) is 18.5 Å². The van der Waals surface area contributed by atoms with E-state index in [1.807, 2.05) is 0 Å². The van der Waals surface area contributed by atoms with Gasteiger partial charge < -0.3 is 4.74 Å². The molecule has 2 rings (SSSR count). The van der Waals surface area contributed by atoms with Crippen molar-refractivity contribution in [3.05, 3.63) is 0 Å². The molecule has 0 unspecified atom stereocenters. The average Bonchev–Trinajstić information content (AvgIpc) is 2.40. The minimum absolute atomic E-state index is 0.255. The Hall–Kier alpha value is 0.350. The molecule has 1 N–H and O–H groups in total. The Morgan fingerprint density at radius 3 is 2.33 bits per heavy atom. The molecule has 1 saturated heterocycles. The zero-order valence-corrected chi connectivity index (χ0v) is 13.1. The molecule has 2 fully saturated rings. The molecule has 106 valence electrons. The lowest BCUT2D eigenvalue weighted by atomic mass is 9.84. The van der Waals surface area contributed by atoms with Crippen LogP contribution in [0.25, 0.3) is 0 Å². The van der Waals surface area contributed by atoms with Crippen molar-refractivity contribution in [3.8, 4) is 0 Å². The summed E-state index contributed by atoms with van der Waals surface area (Å²) in [4.78, 5) is 0. The van der Waals surface area contributed by atoms with Crippen LogP contribution >= 0.6 is 15.9 Å². The highest BCUT2D eigenvalue weighted by molar-refractivity contribution is 9.09. The fourth-order valence-corrected chi connectivity index (χ4v) is 5.61. The monoisotopic (exact) mass is 339 g/mol. The summed E-state index contributed by atoms with van der Waals surface area (Å²) in [5.74, 6) is 0. The number of nitrogens with one attached hydrogen (secondary N) is 1. The summed E-state index contributed by atoms with van der Waals surface area (Å²) in [6.45, 7) is 1.12. The van der Waals surface area contributed by atoms with Crippen LogP contribution in [0.4, 0.5) is 0 Å². The number of sulfonamides is 1. The molecular weight excluding hydrogens is 318 g/mol. The van der Waals surface area contributed by atoms with Gasteiger partial charge in [0.15, 0.2) is 0 Å². The van der Waals surface area contributed by atoms with Gasteiger partial charge in [0.25, 0.3) is 0 Å². The maximum atomic E-state index is 12.4. The quantitative estimate of drug-likeness (QED) is 0.798.